The summed E-state index contributed by atoms with van der Waals surface area (Å²) < 4.78 is 5.74. The maximum Gasteiger partial charge on any atom is 0.263 e. The Bertz CT molecular complexity index is 522. The second-order valence-electron chi connectivity index (χ2n) is 5.47. The molecule has 1 fully saturated rings. The molecule has 1 aromatic rings. The Balaban J connectivity index is 1.93. The van der Waals surface area contributed by atoms with Crippen molar-refractivity contribution in [1.29, 1.82) is 0 Å². The third-order valence-electron chi connectivity index (χ3n) is 3.91. The highest BCUT2D eigenvalue weighted by Gasteiger charge is 2.25. The van der Waals surface area contributed by atoms with Crippen LogP contribution in [0.1, 0.15) is 18.1 Å². The van der Waals surface area contributed by atoms with Gasteiger partial charge in [0.2, 0.25) is 6.41 Å². The average molecular weight is 290 g/mol. The largest absolute Gasteiger partial charge is 0.481 e. The van der Waals surface area contributed by atoms with Gasteiger partial charge in [0.15, 0.2) is 6.10 Å². The second kappa shape index (κ2) is 6.61. The fourth-order valence-corrected chi connectivity index (χ4v) is 2.35. The maximum absolute atomic E-state index is 12.3. The van der Waals surface area contributed by atoms with Crippen LogP contribution in [0.3, 0.4) is 0 Å². The van der Waals surface area contributed by atoms with Crippen molar-refractivity contribution in [2.45, 2.75) is 26.9 Å². The number of carbonyl (C=O) groups excluding carboxylic acids is 2. The number of benzene rings is 1. The molecule has 0 aliphatic carbocycles. The highest BCUT2D eigenvalue weighted by Crippen LogP contribution is 2.18. The van der Waals surface area contributed by atoms with Crippen LogP contribution in [0.15, 0.2) is 18.2 Å². The van der Waals surface area contributed by atoms with Gasteiger partial charge in [-0.15, -0.1) is 0 Å². The van der Waals surface area contributed by atoms with E-state index >= 15 is 0 Å². The zero-order valence-corrected chi connectivity index (χ0v) is 12.8. The van der Waals surface area contributed by atoms with E-state index in [-0.39, 0.29) is 5.91 Å². The summed E-state index contributed by atoms with van der Waals surface area (Å²) in [5, 5.41) is 0. The number of hydrogen-bond acceptors (Lipinski definition) is 3. The van der Waals surface area contributed by atoms with E-state index in [1.54, 1.807) is 16.7 Å². The molecule has 1 aromatic carbocycles. The third-order valence-corrected chi connectivity index (χ3v) is 3.91. The molecule has 1 aliphatic rings. The highest BCUT2D eigenvalue weighted by molar-refractivity contribution is 5.81. The van der Waals surface area contributed by atoms with Crippen molar-refractivity contribution in [3.05, 3.63) is 29.3 Å². The summed E-state index contributed by atoms with van der Waals surface area (Å²) >= 11 is 0. The van der Waals surface area contributed by atoms with Gasteiger partial charge in [0, 0.05) is 26.2 Å². The fourth-order valence-electron chi connectivity index (χ4n) is 2.35. The quantitative estimate of drug-likeness (QED) is 0.787. The van der Waals surface area contributed by atoms with Crippen LogP contribution in [0.25, 0.3) is 0 Å². The van der Waals surface area contributed by atoms with Crippen LogP contribution in [0.5, 0.6) is 5.75 Å². The minimum Gasteiger partial charge on any atom is -0.481 e. The van der Waals surface area contributed by atoms with E-state index in [9.17, 15) is 9.59 Å². The minimum absolute atomic E-state index is 0.0289. The Morgan fingerprint density at radius 3 is 2.43 bits per heavy atom. The summed E-state index contributed by atoms with van der Waals surface area (Å²) in [6.07, 6.45) is 0.312. The lowest BCUT2D eigenvalue weighted by atomic mass is 10.1. The Labute approximate surface area is 125 Å². The number of amides is 2. The van der Waals surface area contributed by atoms with E-state index in [1.165, 1.54) is 5.56 Å². The predicted molar refractivity (Wildman–Crippen MR) is 80.2 cm³/mol. The van der Waals surface area contributed by atoms with Crippen LogP contribution in [0.2, 0.25) is 0 Å². The molecule has 5 heteroatoms. The van der Waals surface area contributed by atoms with E-state index in [1.807, 2.05) is 32.0 Å². The first-order valence-electron chi connectivity index (χ1n) is 7.23. The molecule has 1 heterocycles. The molecule has 1 aliphatic heterocycles. The van der Waals surface area contributed by atoms with Gasteiger partial charge in [-0.05, 0) is 44.0 Å². The minimum atomic E-state index is -0.519. The Morgan fingerprint density at radius 2 is 1.86 bits per heavy atom. The Hall–Kier alpha value is -2.04. The van der Waals surface area contributed by atoms with Crippen molar-refractivity contribution in [2.75, 3.05) is 26.2 Å². The van der Waals surface area contributed by atoms with Crippen LogP contribution in [0.4, 0.5) is 0 Å². The van der Waals surface area contributed by atoms with Gasteiger partial charge in [-0.2, -0.15) is 0 Å². The molecule has 2 amide bonds. The van der Waals surface area contributed by atoms with E-state index < -0.39 is 6.10 Å². The number of ether oxygens (including phenoxy) is 1. The molecule has 114 valence electrons. The highest BCUT2D eigenvalue weighted by atomic mass is 16.5. The van der Waals surface area contributed by atoms with Crippen molar-refractivity contribution in [2.24, 2.45) is 0 Å². The first-order chi connectivity index (χ1) is 10.0. The smallest absolute Gasteiger partial charge is 0.263 e. The molecule has 0 saturated carbocycles. The van der Waals surface area contributed by atoms with Crippen molar-refractivity contribution >= 4 is 12.3 Å². The van der Waals surface area contributed by atoms with Gasteiger partial charge in [-0.3, -0.25) is 9.59 Å². The zero-order valence-electron chi connectivity index (χ0n) is 12.8. The van der Waals surface area contributed by atoms with E-state index in [0.717, 1.165) is 12.0 Å². The van der Waals surface area contributed by atoms with Crippen molar-refractivity contribution < 1.29 is 14.3 Å². The molecule has 0 unspecified atom stereocenters. The van der Waals surface area contributed by atoms with Crippen molar-refractivity contribution in [3.63, 3.8) is 0 Å². The number of carbonyl (C=O) groups is 2. The lowest BCUT2D eigenvalue weighted by Gasteiger charge is -2.34. The van der Waals surface area contributed by atoms with Gasteiger partial charge in [0.1, 0.15) is 5.75 Å². The number of rotatable bonds is 4. The summed E-state index contributed by atoms with van der Waals surface area (Å²) in [6, 6.07) is 5.82. The zero-order chi connectivity index (χ0) is 15.4. The SMILES string of the molecule is Cc1ccc(O[C@H](C)C(=O)N2CCN(C=O)CC2)cc1C. The molecule has 0 aromatic heterocycles. The number of aryl methyl sites for hydroxylation is 2. The van der Waals surface area contributed by atoms with Crippen LogP contribution < -0.4 is 4.74 Å². The van der Waals surface area contributed by atoms with Crippen LogP contribution in [0, 0.1) is 13.8 Å². The monoisotopic (exact) mass is 290 g/mol. The lowest BCUT2D eigenvalue weighted by molar-refractivity contribution is -0.141. The molecule has 21 heavy (non-hydrogen) atoms. The molecule has 0 N–H and O–H groups in total. The fraction of sp³-hybridized carbons (Fsp3) is 0.500. The molecule has 0 radical (unpaired) electrons. The third kappa shape index (κ3) is 3.74. The normalized spacial score (nSPS) is 16.5. The van der Waals surface area contributed by atoms with Gasteiger partial charge >= 0.3 is 0 Å². The van der Waals surface area contributed by atoms with Gasteiger partial charge in [0.25, 0.3) is 5.91 Å². The molecule has 2 rings (SSSR count). The number of hydrogen-bond donors (Lipinski definition) is 0. The van der Waals surface area contributed by atoms with E-state index in [4.69, 9.17) is 4.74 Å². The topological polar surface area (TPSA) is 49.9 Å². The molecule has 1 atom stereocenters. The molecule has 5 nitrogen and oxygen atoms in total. The standard InChI is InChI=1S/C16H22N2O3/c1-12-4-5-15(10-13(12)2)21-14(3)16(20)18-8-6-17(11-19)7-9-18/h4-5,10-11,14H,6-9H2,1-3H3/t14-/m1/s1. The summed E-state index contributed by atoms with van der Waals surface area (Å²) in [5.74, 6) is 0.684. The first-order valence-corrected chi connectivity index (χ1v) is 7.23. The summed E-state index contributed by atoms with van der Waals surface area (Å²) in [4.78, 5) is 26.4. The lowest BCUT2D eigenvalue weighted by Crippen LogP contribution is -2.51. The van der Waals surface area contributed by atoms with Crippen LogP contribution in [-0.4, -0.2) is 54.4 Å². The summed E-state index contributed by atoms with van der Waals surface area (Å²) in [7, 11) is 0. The molecule has 1 saturated heterocycles. The predicted octanol–water partition coefficient (Wildman–Crippen LogP) is 1.37. The second-order valence-corrected chi connectivity index (χ2v) is 5.47. The van der Waals surface area contributed by atoms with Crippen molar-refractivity contribution in [1.82, 2.24) is 9.80 Å². The first kappa shape index (κ1) is 15.4. The van der Waals surface area contributed by atoms with E-state index in [0.29, 0.717) is 31.9 Å². The molecule has 0 spiro atoms. The molecule has 0 bridgehead atoms. The van der Waals surface area contributed by atoms with Gasteiger partial charge < -0.3 is 14.5 Å². The Morgan fingerprint density at radius 1 is 1.19 bits per heavy atom. The summed E-state index contributed by atoms with van der Waals surface area (Å²) in [6.45, 7) is 8.14. The molecular formula is C16H22N2O3. The number of piperazine rings is 1. The summed E-state index contributed by atoms with van der Waals surface area (Å²) in [5.41, 5.74) is 2.35. The van der Waals surface area contributed by atoms with Crippen molar-refractivity contribution in [3.8, 4) is 5.75 Å². The van der Waals surface area contributed by atoms with Gasteiger partial charge in [-0.1, -0.05) is 6.07 Å². The van der Waals surface area contributed by atoms with Gasteiger partial charge in [0.05, 0.1) is 0 Å². The van der Waals surface area contributed by atoms with E-state index in [2.05, 4.69) is 0 Å². The number of nitrogens with zero attached hydrogens (tertiary/aromatic N) is 2. The van der Waals surface area contributed by atoms with Gasteiger partial charge in [-0.25, -0.2) is 0 Å². The molecular weight excluding hydrogens is 268 g/mol. The Kier molecular flexibility index (Phi) is 4.83. The van der Waals surface area contributed by atoms with Crippen LogP contribution in [-0.2, 0) is 9.59 Å². The maximum atomic E-state index is 12.3. The van der Waals surface area contributed by atoms with Crippen LogP contribution >= 0.6 is 0 Å². The average Bonchev–Trinajstić information content (AvgIpc) is 2.50.